The van der Waals surface area contributed by atoms with Crippen LogP contribution in [0.1, 0.15) is 39.0 Å². The summed E-state index contributed by atoms with van der Waals surface area (Å²) in [5, 5.41) is 2.57. The fourth-order valence-electron chi connectivity index (χ4n) is 2.89. The molecule has 6 nitrogen and oxygen atoms in total. The van der Waals surface area contributed by atoms with Gasteiger partial charge in [-0.1, -0.05) is 6.42 Å². The van der Waals surface area contributed by atoms with Crippen LogP contribution in [0.5, 0.6) is 0 Å². The van der Waals surface area contributed by atoms with Crippen molar-refractivity contribution in [2.24, 2.45) is 11.7 Å². The highest BCUT2D eigenvalue weighted by atomic mass is 16.5. The van der Waals surface area contributed by atoms with Gasteiger partial charge in [-0.2, -0.15) is 0 Å². The van der Waals surface area contributed by atoms with E-state index in [1.807, 2.05) is 6.92 Å². The number of ether oxygens (including phenoxy) is 1. The second-order valence-corrected chi connectivity index (χ2v) is 5.60. The third kappa shape index (κ3) is 2.54. The van der Waals surface area contributed by atoms with Crippen molar-refractivity contribution in [3.63, 3.8) is 0 Å². The molecule has 2 amide bonds. The number of nitrogens with one attached hydrogen (secondary N) is 1. The minimum Gasteiger partial charge on any atom is -0.453 e. The van der Waals surface area contributed by atoms with Crippen molar-refractivity contribution in [1.82, 2.24) is 10.2 Å². The second-order valence-electron chi connectivity index (χ2n) is 5.60. The van der Waals surface area contributed by atoms with Crippen LogP contribution in [0.2, 0.25) is 0 Å². The Bertz CT molecular complexity index is 370. The Morgan fingerprint density at radius 1 is 1.32 bits per heavy atom. The van der Waals surface area contributed by atoms with Crippen LogP contribution in [0.25, 0.3) is 0 Å². The van der Waals surface area contributed by atoms with Crippen molar-refractivity contribution in [1.29, 1.82) is 0 Å². The lowest BCUT2D eigenvalue weighted by molar-refractivity contribution is -0.142. The summed E-state index contributed by atoms with van der Waals surface area (Å²) in [6, 6.07) is 0.190. The Labute approximate surface area is 113 Å². The molecule has 108 valence electrons. The number of carbonyl (C=O) groups excluding carboxylic acids is 2. The number of hydrogen-bond donors (Lipinski definition) is 2. The Hall–Kier alpha value is -1.30. The molecule has 1 heterocycles. The number of rotatable bonds is 3. The first-order chi connectivity index (χ1) is 8.99. The molecule has 0 radical (unpaired) electrons. The smallest absolute Gasteiger partial charge is 0.408 e. The lowest BCUT2D eigenvalue weighted by Gasteiger charge is -2.43. The van der Waals surface area contributed by atoms with Gasteiger partial charge < -0.3 is 15.4 Å². The number of methoxy groups -OCH3 is 1. The zero-order valence-electron chi connectivity index (χ0n) is 11.6. The molecule has 0 spiro atoms. The van der Waals surface area contributed by atoms with Crippen molar-refractivity contribution in [2.75, 3.05) is 13.7 Å². The highest BCUT2D eigenvalue weighted by molar-refractivity contribution is 5.90. The van der Waals surface area contributed by atoms with Gasteiger partial charge in [0.15, 0.2) is 5.66 Å². The predicted octanol–water partition coefficient (Wildman–Crippen LogP) is 0.808. The summed E-state index contributed by atoms with van der Waals surface area (Å²) in [6.45, 7) is 2.73. The fraction of sp³-hybridized carbons (Fsp3) is 0.846. The van der Waals surface area contributed by atoms with Gasteiger partial charge in [-0.25, -0.2) is 4.79 Å². The number of hydrogen-bond acceptors (Lipinski definition) is 4. The van der Waals surface area contributed by atoms with Crippen LogP contribution in [0.15, 0.2) is 0 Å². The summed E-state index contributed by atoms with van der Waals surface area (Å²) in [4.78, 5) is 26.0. The van der Waals surface area contributed by atoms with E-state index < -0.39 is 11.8 Å². The maximum atomic E-state index is 12.7. The van der Waals surface area contributed by atoms with Gasteiger partial charge in [0.25, 0.3) is 5.91 Å². The molecule has 2 fully saturated rings. The van der Waals surface area contributed by atoms with Gasteiger partial charge in [-0.05, 0) is 32.6 Å². The first-order valence-electron chi connectivity index (χ1n) is 6.95. The monoisotopic (exact) mass is 269 g/mol. The van der Waals surface area contributed by atoms with Gasteiger partial charge in [-0.15, -0.1) is 0 Å². The third-order valence-corrected chi connectivity index (χ3v) is 4.41. The van der Waals surface area contributed by atoms with Gasteiger partial charge in [0, 0.05) is 18.5 Å². The van der Waals surface area contributed by atoms with E-state index in [1.54, 1.807) is 4.90 Å². The highest BCUT2D eigenvalue weighted by Crippen LogP contribution is 2.35. The molecule has 0 aromatic heterocycles. The second kappa shape index (κ2) is 5.36. The first-order valence-corrected chi connectivity index (χ1v) is 6.95. The average Bonchev–Trinajstić information content (AvgIpc) is 2.71. The molecule has 1 saturated carbocycles. The van der Waals surface area contributed by atoms with Gasteiger partial charge in [0.1, 0.15) is 0 Å². The summed E-state index contributed by atoms with van der Waals surface area (Å²) in [6.07, 6.45) is 4.13. The molecule has 2 atom stereocenters. The van der Waals surface area contributed by atoms with Gasteiger partial charge in [0.05, 0.1) is 7.11 Å². The summed E-state index contributed by atoms with van der Waals surface area (Å²) < 4.78 is 4.60. The molecule has 19 heavy (non-hydrogen) atoms. The van der Waals surface area contributed by atoms with E-state index in [1.165, 1.54) is 7.11 Å². The molecular formula is C13H23N3O3. The SMILES string of the molecule is COC(=O)NC(N)(C(=O)N1CCC[C@H]1C)C1CCC1. The van der Waals surface area contributed by atoms with Gasteiger partial charge in [-0.3, -0.25) is 10.1 Å². The van der Waals surface area contributed by atoms with E-state index in [-0.39, 0.29) is 17.9 Å². The predicted molar refractivity (Wildman–Crippen MR) is 70.2 cm³/mol. The summed E-state index contributed by atoms with van der Waals surface area (Å²) in [5.41, 5.74) is 4.95. The van der Waals surface area contributed by atoms with Crippen molar-refractivity contribution in [3.8, 4) is 0 Å². The lowest BCUT2D eigenvalue weighted by atomic mass is 9.75. The molecule has 2 aliphatic rings. The minimum absolute atomic E-state index is 0.00639. The number of carbonyl (C=O) groups is 2. The Morgan fingerprint density at radius 2 is 2.00 bits per heavy atom. The standard InChI is InChI=1S/C13H23N3O3/c1-9-5-4-8-16(9)11(17)13(14,10-6-3-7-10)15-12(18)19-2/h9-10H,3-8,14H2,1-2H3,(H,15,18)/t9-,13?/m1/s1. The first kappa shape index (κ1) is 14.1. The number of amides is 2. The largest absolute Gasteiger partial charge is 0.453 e. The molecule has 1 aliphatic carbocycles. The fourth-order valence-corrected chi connectivity index (χ4v) is 2.89. The Morgan fingerprint density at radius 3 is 2.42 bits per heavy atom. The van der Waals surface area contributed by atoms with Crippen molar-refractivity contribution in [3.05, 3.63) is 0 Å². The maximum Gasteiger partial charge on any atom is 0.408 e. The topological polar surface area (TPSA) is 84.7 Å². The van der Waals surface area contributed by atoms with Crippen LogP contribution in [0, 0.1) is 5.92 Å². The van der Waals surface area contributed by atoms with Crippen molar-refractivity contribution < 1.29 is 14.3 Å². The van der Waals surface area contributed by atoms with Gasteiger partial charge in [0.2, 0.25) is 0 Å². The Balaban J connectivity index is 2.16. The van der Waals surface area contributed by atoms with E-state index in [4.69, 9.17) is 5.73 Å². The van der Waals surface area contributed by atoms with Crippen LogP contribution in [-0.2, 0) is 9.53 Å². The number of alkyl carbamates (subject to hydrolysis) is 1. The normalized spacial score (nSPS) is 26.5. The molecule has 0 aromatic rings. The van der Waals surface area contributed by atoms with Crippen LogP contribution >= 0.6 is 0 Å². The molecule has 1 unspecified atom stereocenters. The van der Waals surface area contributed by atoms with Crippen molar-refractivity contribution >= 4 is 12.0 Å². The molecule has 3 N–H and O–H groups in total. The van der Waals surface area contributed by atoms with Crippen LogP contribution in [0.4, 0.5) is 4.79 Å². The third-order valence-electron chi connectivity index (χ3n) is 4.41. The molecule has 6 heteroatoms. The van der Waals surface area contributed by atoms with Crippen LogP contribution in [0.3, 0.4) is 0 Å². The molecule has 0 bridgehead atoms. The quantitative estimate of drug-likeness (QED) is 0.742. The average molecular weight is 269 g/mol. The number of nitrogens with two attached hydrogens (primary N) is 1. The van der Waals surface area contributed by atoms with Crippen LogP contribution in [-0.4, -0.2) is 42.3 Å². The molecule has 2 rings (SSSR count). The summed E-state index contributed by atoms with van der Waals surface area (Å²) in [5.74, 6) is -0.167. The zero-order valence-corrected chi connectivity index (χ0v) is 11.6. The number of nitrogens with zero attached hydrogens (tertiary/aromatic N) is 1. The molecule has 1 aliphatic heterocycles. The molecular weight excluding hydrogens is 246 g/mol. The summed E-state index contributed by atoms with van der Waals surface area (Å²) >= 11 is 0. The zero-order chi connectivity index (χ0) is 14.0. The maximum absolute atomic E-state index is 12.7. The summed E-state index contributed by atoms with van der Waals surface area (Å²) in [7, 11) is 1.28. The van der Waals surface area contributed by atoms with Crippen molar-refractivity contribution in [2.45, 2.75) is 50.7 Å². The van der Waals surface area contributed by atoms with E-state index in [0.29, 0.717) is 6.54 Å². The van der Waals surface area contributed by atoms with Gasteiger partial charge >= 0.3 is 6.09 Å². The molecule has 1 saturated heterocycles. The van der Waals surface area contributed by atoms with E-state index in [2.05, 4.69) is 10.1 Å². The van der Waals surface area contributed by atoms with E-state index >= 15 is 0 Å². The van der Waals surface area contributed by atoms with Crippen LogP contribution < -0.4 is 11.1 Å². The number of likely N-dealkylation sites (tertiary alicyclic amines) is 1. The van der Waals surface area contributed by atoms with E-state index in [9.17, 15) is 9.59 Å². The molecule has 0 aromatic carbocycles. The lowest BCUT2D eigenvalue weighted by Crippen LogP contribution is -2.71. The van der Waals surface area contributed by atoms with E-state index in [0.717, 1.165) is 32.1 Å². The minimum atomic E-state index is -1.32. The highest BCUT2D eigenvalue weighted by Gasteiger charge is 2.49. The Kier molecular flexibility index (Phi) is 3.99.